The first kappa shape index (κ1) is 15.0. The zero-order valence-corrected chi connectivity index (χ0v) is 12.8. The van der Waals surface area contributed by atoms with Crippen molar-refractivity contribution in [2.45, 2.75) is 18.9 Å². The van der Waals surface area contributed by atoms with E-state index < -0.39 is 0 Å². The van der Waals surface area contributed by atoms with Gasteiger partial charge in [-0.3, -0.25) is 4.79 Å². The Morgan fingerprint density at radius 1 is 1.65 bits per heavy atom. The summed E-state index contributed by atoms with van der Waals surface area (Å²) in [6.07, 6.45) is 2.25. The minimum absolute atomic E-state index is 0. The van der Waals surface area contributed by atoms with E-state index in [0.717, 1.165) is 35.3 Å². The van der Waals surface area contributed by atoms with Gasteiger partial charge in [-0.25, -0.2) is 0 Å². The normalized spacial score (nSPS) is 19.9. The Bertz CT molecular complexity index is 385. The van der Waals surface area contributed by atoms with Crippen molar-refractivity contribution in [3.8, 4) is 0 Å². The molecule has 1 N–H and O–H groups in total. The Hall–Kier alpha value is -0.100. The summed E-state index contributed by atoms with van der Waals surface area (Å²) in [5, 5.41) is 5.16. The van der Waals surface area contributed by atoms with Crippen molar-refractivity contribution >= 4 is 45.6 Å². The molecule has 0 spiro atoms. The maximum atomic E-state index is 12.2. The summed E-state index contributed by atoms with van der Waals surface area (Å²) in [5.74, 6) is 0.155. The van der Waals surface area contributed by atoms with Gasteiger partial charge in [-0.1, -0.05) is 0 Å². The van der Waals surface area contributed by atoms with E-state index in [2.05, 4.69) is 21.2 Å². The minimum atomic E-state index is 0. The molecule has 17 heavy (non-hydrogen) atoms. The van der Waals surface area contributed by atoms with E-state index in [-0.39, 0.29) is 18.3 Å². The van der Waals surface area contributed by atoms with Gasteiger partial charge in [-0.15, -0.1) is 23.7 Å². The molecule has 1 amide bonds. The predicted octanol–water partition coefficient (Wildman–Crippen LogP) is 2.76. The minimum Gasteiger partial charge on any atom is -0.337 e. The molecule has 6 heteroatoms. The molecular formula is C11H16BrClN2OS. The Labute approximate surface area is 120 Å². The van der Waals surface area contributed by atoms with Gasteiger partial charge >= 0.3 is 0 Å². The van der Waals surface area contributed by atoms with Crippen LogP contribution < -0.4 is 5.32 Å². The van der Waals surface area contributed by atoms with E-state index >= 15 is 0 Å². The van der Waals surface area contributed by atoms with E-state index in [1.807, 2.05) is 23.4 Å². The molecule has 1 saturated heterocycles. The lowest BCUT2D eigenvalue weighted by Crippen LogP contribution is -2.46. The average Bonchev–Trinajstić information content (AvgIpc) is 2.75. The number of likely N-dealkylation sites (N-methyl/N-ethyl adjacent to an activating group) is 1. The Balaban J connectivity index is 0.00000144. The van der Waals surface area contributed by atoms with E-state index in [0.29, 0.717) is 6.04 Å². The summed E-state index contributed by atoms with van der Waals surface area (Å²) >= 11 is 4.94. The Kier molecular flexibility index (Phi) is 5.92. The number of hydrogen-bond donors (Lipinski definition) is 1. The molecule has 0 aromatic carbocycles. The van der Waals surface area contributed by atoms with Crippen LogP contribution in [0.25, 0.3) is 0 Å². The first-order valence-corrected chi connectivity index (χ1v) is 7.08. The van der Waals surface area contributed by atoms with Gasteiger partial charge in [0.1, 0.15) is 0 Å². The van der Waals surface area contributed by atoms with Crippen molar-refractivity contribution in [3.63, 3.8) is 0 Å². The monoisotopic (exact) mass is 338 g/mol. The molecule has 1 atom stereocenters. The highest BCUT2D eigenvalue weighted by Crippen LogP contribution is 2.23. The number of piperidine rings is 1. The zero-order chi connectivity index (χ0) is 11.5. The summed E-state index contributed by atoms with van der Waals surface area (Å²) < 4.78 is 1.01. The second-order valence-electron chi connectivity index (χ2n) is 4.02. The van der Waals surface area contributed by atoms with Crippen LogP contribution in [0, 0.1) is 0 Å². The largest absolute Gasteiger partial charge is 0.337 e. The number of rotatable bonds is 2. The van der Waals surface area contributed by atoms with Crippen LogP contribution in [0.4, 0.5) is 0 Å². The third-order valence-corrected chi connectivity index (χ3v) is 4.44. The van der Waals surface area contributed by atoms with E-state index in [1.165, 1.54) is 0 Å². The summed E-state index contributed by atoms with van der Waals surface area (Å²) in [7, 11) is 1.96. The molecule has 0 saturated carbocycles. The molecule has 2 rings (SSSR count). The van der Waals surface area contributed by atoms with Crippen molar-refractivity contribution in [2.24, 2.45) is 0 Å². The molecule has 1 fully saturated rings. The van der Waals surface area contributed by atoms with Crippen molar-refractivity contribution in [3.05, 3.63) is 20.8 Å². The van der Waals surface area contributed by atoms with Crippen molar-refractivity contribution < 1.29 is 4.79 Å². The number of nitrogens with one attached hydrogen (secondary N) is 1. The summed E-state index contributed by atoms with van der Waals surface area (Å²) in [5.41, 5.74) is 0.800. The summed E-state index contributed by atoms with van der Waals surface area (Å²) in [4.78, 5) is 14.1. The smallest absolute Gasteiger partial charge is 0.254 e. The number of amides is 1. The van der Waals surface area contributed by atoms with Crippen LogP contribution in [0.5, 0.6) is 0 Å². The van der Waals surface area contributed by atoms with Gasteiger partial charge in [0.25, 0.3) is 5.91 Å². The molecule has 1 unspecified atom stereocenters. The van der Waals surface area contributed by atoms with Gasteiger partial charge in [0.2, 0.25) is 0 Å². The van der Waals surface area contributed by atoms with Gasteiger partial charge in [-0.2, -0.15) is 0 Å². The molecule has 1 aliphatic rings. The highest BCUT2D eigenvalue weighted by atomic mass is 79.9. The van der Waals surface area contributed by atoms with E-state index in [4.69, 9.17) is 0 Å². The first-order chi connectivity index (χ1) is 7.70. The fourth-order valence-electron chi connectivity index (χ4n) is 2.00. The number of halogens is 2. The number of likely N-dealkylation sites (tertiary alicyclic amines) is 1. The van der Waals surface area contributed by atoms with Crippen LogP contribution in [0.15, 0.2) is 15.2 Å². The predicted molar refractivity (Wildman–Crippen MR) is 77.3 cm³/mol. The fraction of sp³-hybridized carbons (Fsp3) is 0.545. The summed E-state index contributed by atoms with van der Waals surface area (Å²) in [6, 6.07) is 2.34. The molecule has 1 aliphatic heterocycles. The van der Waals surface area contributed by atoms with Crippen molar-refractivity contribution in [1.82, 2.24) is 10.2 Å². The lowest BCUT2D eigenvalue weighted by molar-refractivity contribution is 0.0698. The van der Waals surface area contributed by atoms with E-state index in [9.17, 15) is 4.79 Å². The van der Waals surface area contributed by atoms with Crippen molar-refractivity contribution in [2.75, 3.05) is 20.1 Å². The standard InChI is InChI=1S/C11H15BrN2OS.ClH/c1-13-9-3-2-4-14(6-9)11(15)8-5-10(12)16-7-8;/h5,7,9,13H,2-4,6H2,1H3;1H. The van der Waals surface area contributed by atoms with Crippen LogP contribution in [-0.2, 0) is 0 Å². The fourth-order valence-corrected chi connectivity index (χ4v) is 3.13. The molecular weight excluding hydrogens is 324 g/mol. The average molecular weight is 340 g/mol. The topological polar surface area (TPSA) is 32.3 Å². The van der Waals surface area contributed by atoms with Gasteiger partial charge in [-0.05, 0) is 41.9 Å². The molecule has 1 aromatic rings. The number of carbonyl (C=O) groups excluding carboxylic acids is 1. The van der Waals surface area contributed by atoms with Crippen LogP contribution in [0.1, 0.15) is 23.2 Å². The molecule has 0 bridgehead atoms. The summed E-state index contributed by atoms with van der Waals surface area (Å²) in [6.45, 7) is 1.70. The Morgan fingerprint density at radius 3 is 3.00 bits per heavy atom. The van der Waals surface area contributed by atoms with Crippen LogP contribution in [-0.4, -0.2) is 37.0 Å². The van der Waals surface area contributed by atoms with Gasteiger partial charge < -0.3 is 10.2 Å². The van der Waals surface area contributed by atoms with Crippen molar-refractivity contribution in [1.29, 1.82) is 0 Å². The Morgan fingerprint density at radius 2 is 2.41 bits per heavy atom. The maximum Gasteiger partial charge on any atom is 0.254 e. The van der Waals surface area contributed by atoms with Crippen LogP contribution >= 0.6 is 39.7 Å². The molecule has 2 heterocycles. The molecule has 3 nitrogen and oxygen atoms in total. The lowest BCUT2D eigenvalue weighted by atomic mass is 10.1. The number of thiophene rings is 1. The molecule has 0 aliphatic carbocycles. The SMILES string of the molecule is CNC1CCCN(C(=O)c2csc(Br)c2)C1.Cl. The maximum absolute atomic E-state index is 12.2. The highest BCUT2D eigenvalue weighted by molar-refractivity contribution is 9.11. The molecule has 0 radical (unpaired) electrons. The van der Waals surface area contributed by atoms with Crippen LogP contribution in [0.2, 0.25) is 0 Å². The molecule has 1 aromatic heterocycles. The third-order valence-electron chi connectivity index (χ3n) is 2.93. The number of hydrogen-bond acceptors (Lipinski definition) is 3. The third kappa shape index (κ3) is 3.68. The lowest BCUT2D eigenvalue weighted by Gasteiger charge is -2.32. The first-order valence-electron chi connectivity index (χ1n) is 5.41. The van der Waals surface area contributed by atoms with Gasteiger partial charge in [0.15, 0.2) is 0 Å². The zero-order valence-electron chi connectivity index (χ0n) is 9.61. The van der Waals surface area contributed by atoms with Gasteiger partial charge in [0, 0.05) is 24.5 Å². The van der Waals surface area contributed by atoms with Crippen LogP contribution in [0.3, 0.4) is 0 Å². The van der Waals surface area contributed by atoms with E-state index in [1.54, 1.807) is 11.3 Å². The highest BCUT2D eigenvalue weighted by Gasteiger charge is 2.23. The second kappa shape index (κ2) is 6.73. The number of nitrogens with zero attached hydrogens (tertiary/aromatic N) is 1. The number of carbonyl (C=O) groups is 1. The second-order valence-corrected chi connectivity index (χ2v) is 6.31. The quantitative estimate of drug-likeness (QED) is 0.898. The van der Waals surface area contributed by atoms with Gasteiger partial charge in [0.05, 0.1) is 9.35 Å². The molecule has 96 valence electrons.